The standard InChI is InChI=1S/C17H16N2O/c18-12-7-13-19(16-10-5-2-6-11-16)17(20)14-15-8-3-1-4-9-15/h1-6,8-11H,7,13-14H2. The molecule has 0 aliphatic rings. The Balaban J connectivity index is 2.14. The second-order valence-corrected chi connectivity index (χ2v) is 4.45. The van der Waals surface area contributed by atoms with E-state index in [0.717, 1.165) is 11.3 Å². The second-order valence-electron chi connectivity index (χ2n) is 4.45. The van der Waals surface area contributed by atoms with Crippen LogP contribution in [-0.4, -0.2) is 12.5 Å². The molecule has 3 nitrogen and oxygen atoms in total. The first-order chi connectivity index (χ1) is 9.81. The molecule has 3 heteroatoms. The van der Waals surface area contributed by atoms with E-state index < -0.39 is 0 Å². The van der Waals surface area contributed by atoms with Gasteiger partial charge < -0.3 is 4.90 Å². The molecule has 0 unspecified atom stereocenters. The van der Waals surface area contributed by atoms with Crippen LogP contribution in [0.5, 0.6) is 0 Å². The maximum absolute atomic E-state index is 12.4. The number of hydrogen-bond donors (Lipinski definition) is 0. The number of carbonyl (C=O) groups is 1. The van der Waals surface area contributed by atoms with Gasteiger partial charge in [0.2, 0.25) is 5.91 Å². The van der Waals surface area contributed by atoms with Crippen molar-refractivity contribution < 1.29 is 4.79 Å². The molecule has 20 heavy (non-hydrogen) atoms. The van der Waals surface area contributed by atoms with Gasteiger partial charge >= 0.3 is 0 Å². The molecule has 2 rings (SSSR count). The van der Waals surface area contributed by atoms with Crippen LogP contribution < -0.4 is 4.90 Å². The van der Waals surface area contributed by atoms with Crippen molar-refractivity contribution in [3.05, 3.63) is 66.2 Å². The zero-order valence-corrected chi connectivity index (χ0v) is 11.2. The van der Waals surface area contributed by atoms with E-state index in [1.807, 2.05) is 60.7 Å². The van der Waals surface area contributed by atoms with E-state index in [-0.39, 0.29) is 5.91 Å². The van der Waals surface area contributed by atoms with E-state index >= 15 is 0 Å². The zero-order chi connectivity index (χ0) is 14.2. The summed E-state index contributed by atoms with van der Waals surface area (Å²) in [6, 6.07) is 21.2. The van der Waals surface area contributed by atoms with E-state index in [9.17, 15) is 4.79 Å². The maximum atomic E-state index is 12.4. The van der Waals surface area contributed by atoms with Crippen molar-refractivity contribution in [2.24, 2.45) is 0 Å². The van der Waals surface area contributed by atoms with Gasteiger partial charge in [0.05, 0.1) is 18.9 Å². The molecule has 0 aliphatic carbocycles. The third-order valence-corrected chi connectivity index (χ3v) is 3.01. The fourth-order valence-corrected chi connectivity index (χ4v) is 2.03. The Bertz CT molecular complexity index is 587. The summed E-state index contributed by atoms with van der Waals surface area (Å²) in [6.07, 6.45) is 0.677. The molecule has 0 radical (unpaired) electrons. The Hall–Kier alpha value is -2.60. The van der Waals surface area contributed by atoms with Crippen LogP contribution in [0.4, 0.5) is 5.69 Å². The van der Waals surface area contributed by atoms with Crippen molar-refractivity contribution in [2.45, 2.75) is 12.8 Å². The van der Waals surface area contributed by atoms with Gasteiger partial charge in [-0.05, 0) is 17.7 Å². The van der Waals surface area contributed by atoms with Crippen LogP contribution >= 0.6 is 0 Å². The van der Waals surface area contributed by atoms with Gasteiger partial charge in [-0.1, -0.05) is 48.5 Å². The molecule has 2 aromatic carbocycles. The van der Waals surface area contributed by atoms with Crippen molar-refractivity contribution in [1.29, 1.82) is 5.26 Å². The average Bonchev–Trinajstić information content (AvgIpc) is 2.50. The van der Waals surface area contributed by atoms with E-state index in [2.05, 4.69) is 6.07 Å². The first-order valence-corrected chi connectivity index (χ1v) is 6.57. The molecule has 0 bridgehead atoms. The molecule has 0 saturated heterocycles. The van der Waals surface area contributed by atoms with Crippen molar-refractivity contribution in [2.75, 3.05) is 11.4 Å². The van der Waals surface area contributed by atoms with Crippen LogP contribution in [0.3, 0.4) is 0 Å². The minimum Gasteiger partial charge on any atom is -0.311 e. The molecule has 0 spiro atoms. The lowest BCUT2D eigenvalue weighted by Gasteiger charge is -2.21. The number of anilines is 1. The van der Waals surface area contributed by atoms with Crippen LogP contribution in [0.15, 0.2) is 60.7 Å². The molecular weight excluding hydrogens is 248 g/mol. The Morgan fingerprint density at radius 3 is 2.20 bits per heavy atom. The predicted octanol–water partition coefficient (Wildman–Crippen LogP) is 3.18. The predicted molar refractivity (Wildman–Crippen MR) is 79.2 cm³/mol. The lowest BCUT2D eigenvalue weighted by Crippen LogP contribution is -2.33. The molecule has 0 aromatic heterocycles. The van der Waals surface area contributed by atoms with Crippen molar-refractivity contribution in [3.8, 4) is 6.07 Å². The van der Waals surface area contributed by atoms with Gasteiger partial charge in [-0.3, -0.25) is 4.79 Å². The zero-order valence-electron chi connectivity index (χ0n) is 11.2. The summed E-state index contributed by atoms with van der Waals surface area (Å²) in [5.74, 6) is 0.0117. The SMILES string of the molecule is N#CCCN(C(=O)Cc1ccccc1)c1ccccc1. The lowest BCUT2D eigenvalue weighted by atomic mass is 10.1. The Kier molecular flexibility index (Phi) is 4.91. The number of amides is 1. The first-order valence-electron chi connectivity index (χ1n) is 6.57. The number of nitrogens with zero attached hydrogens (tertiary/aromatic N) is 2. The van der Waals surface area contributed by atoms with E-state index in [1.54, 1.807) is 4.90 Å². The van der Waals surface area contributed by atoms with Gasteiger partial charge in [0.25, 0.3) is 0 Å². The highest BCUT2D eigenvalue weighted by Gasteiger charge is 2.15. The average molecular weight is 264 g/mol. The molecule has 2 aromatic rings. The second kappa shape index (κ2) is 7.10. The third-order valence-electron chi connectivity index (χ3n) is 3.01. The van der Waals surface area contributed by atoms with Gasteiger partial charge in [0.15, 0.2) is 0 Å². The van der Waals surface area contributed by atoms with Gasteiger partial charge in [-0.25, -0.2) is 0 Å². The van der Waals surface area contributed by atoms with E-state index in [1.165, 1.54) is 0 Å². The molecule has 0 atom stereocenters. The Morgan fingerprint density at radius 1 is 1.00 bits per heavy atom. The largest absolute Gasteiger partial charge is 0.311 e. The van der Waals surface area contributed by atoms with Crippen LogP contribution in [-0.2, 0) is 11.2 Å². The lowest BCUT2D eigenvalue weighted by molar-refractivity contribution is -0.118. The fourth-order valence-electron chi connectivity index (χ4n) is 2.03. The number of carbonyl (C=O) groups excluding carboxylic acids is 1. The smallest absolute Gasteiger partial charge is 0.231 e. The topological polar surface area (TPSA) is 44.1 Å². The number of rotatable bonds is 5. The van der Waals surface area contributed by atoms with Crippen molar-refractivity contribution in [1.82, 2.24) is 0 Å². The molecule has 0 fully saturated rings. The summed E-state index contributed by atoms with van der Waals surface area (Å²) in [4.78, 5) is 14.1. The monoisotopic (exact) mass is 264 g/mol. The first kappa shape index (κ1) is 13.8. The summed E-state index contributed by atoms with van der Waals surface area (Å²) in [6.45, 7) is 0.423. The summed E-state index contributed by atoms with van der Waals surface area (Å²) >= 11 is 0. The maximum Gasteiger partial charge on any atom is 0.231 e. The summed E-state index contributed by atoms with van der Waals surface area (Å²) < 4.78 is 0. The molecule has 0 saturated carbocycles. The number of benzene rings is 2. The summed E-state index contributed by atoms with van der Waals surface area (Å²) in [5, 5.41) is 8.75. The minimum absolute atomic E-state index is 0.0117. The highest BCUT2D eigenvalue weighted by Crippen LogP contribution is 2.15. The normalized spacial score (nSPS) is 9.75. The third kappa shape index (κ3) is 3.69. The van der Waals surface area contributed by atoms with Gasteiger partial charge in [-0.2, -0.15) is 5.26 Å². The number of nitriles is 1. The van der Waals surface area contributed by atoms with Crippen LogP contribution in [0, 0.1) is 11.3 Å². The molecule has 0 heterocycles. The van der Waals surface area contributed by atoms with Crippen LogP contribution in [0.2, 0.25) is 0 Å². The van der Waals surface area contributed by atoms with Gasteiger partial charge in [-0.15, -0.1) is 0 Å². The highest BCUT2D eigenvalue weighted by molar-refractivity contribution is 5.94. The van der Waals surface area contributed by atoms with Gasteiger partial charge in [0, 0.05) is 12.2 Å². The number of hydrogen-bond acceptors (Lipinski definition) is 2. The Morgan fingerprint density at radius 2 is 1.60 bits per heavy atom. The van der Waals surface area contributed by atoms with Crippen molar-refractivity contribution in [3.63, 3.8) is 0 Å². The quantitative estimate of drug-likeness (QED) is 0.832. The molecule has 0 N–H and O–H groups in total. The molecule has 100 valence electrons. The molecular formula is C17H16N2O. The fraction of sp³-hybridized carbons (Fsp3) is 0.176. The highest BCUT2D eigenvalue weighted by atomic mass is 16.2. The molecule has 1 amide bonds. The van der Waals surface area contributed by atoms with Crippen LogP contribution in [0.1, 0.15) is 12.0 Å². The minimum atomic E-state index is 0.0117. The van der Waals surface area contributed by atoms with Gasteiger partial charge in [0.1, 0.15) is 0 Å². The molecule has 0 aliphatic heterocycles. The van der Waals surface area contributed by atoms with E-state index in [4.69, 9.17) is 5.26 Å². The Labute approximate surface area is 119 Å². The summed E-state index contributed by atoms with van der Waals surface area (Å²) in [7, 11) is 0. The summed E-state index contributed by atoms with van der Waals surface area (Å²) in [5.41, 5.74) is 1.82. The van der Waals surface area contributed by atoms with Crippen LogP contribution in [0.25, 0.3) is 0 Å². The van der Waals surface area contributed by atoms with E-state index in [0.29, 0.717) is 19.4 Å². The van der Waals surface area contributed by atoms with Crippen molar-refractivity contribution >= 4 is 11.6 Å². The number of para-hydroxylation sites is 1.